The van der Waals surface area contributed by atoms with Crippen LogP contribution in [0.25, 0.3) is 0 Å². The van der Waals surface area contributed by atoms with E-state index in [2.05, 4.69) is 24.3 Å². The molecule has 2 aromatic carbocycles. The van der Waals surface area contributed by atoms with E-state index in [1.165, 1.54) is 88.2 Å². The number of carbonyl (C=O) groups excluding carboxylic acids is 2. The van der Waals surface area contributed by atoms with Gasteiger partial charge < -0.3 is 39.5 Å². The second-order valence-corrected chi connectivity index (χ2v) is 16.6. The van der Waals surface area contributed by atoms with Gasteiger partial charge in [0.2, 0.25) is 0 Å². The Morgan fingerprint density at radius 2 is 0.695 bits per heavy atom. The van der Waals surface area contributed by atoms with Crippen LogP contribution in [-0.2, 0) is 32.3 Å². The zero-order valence-electron chi connectivity index (χ0n) is 37.3. The first-order valence-electron chi connectivity index (χ1n) is 23.2. The molecule has 2 N–H and O–H groups in total. The number of aliphatic hydroxyl groups excluding tert-OH is 2. The molecular formula is C50H82BaO8. The molecule has 0 aromatic heterocycles. The van der Waals surface area contributed by atoms with Gasteiger partial charge in [0.25, 0.3) is 0 Å². The van der Waals surface area contributed by atoms with E-state index < -0.39 is 11.9 Å². The fourth-order valence-electron chi connectivity index (χ4n) is 7.23. The van der Waals surface area contributed by atoms with Crippen LogP contribution in [0.1, 0.15) is 205 Å². The quantitative estimate of drug-likeness (QED) is 0.0501. The van der Waals surface area contributed by atoms with Crippen molar-refractivity contribution in [3.05, 3.63) is 71.8 Å². The van der Waals surface area contributed by atoms with Crippen molar-refractivity contribution in [1.29, 1.82) is 0 Å². The smallest absolute Gasteiger partial charge is 0.550 e. The summed E-state index contributed by atoms with van der Waals surface area (Å²) in [5, 5.41) is 39.6. The van der Waals surface area contributed by atoms with Gasteiger partial charge >= 0.3 is 48.9 Å². The molecule has 9 heteroatoms. The first kappa shape index (κ1) is 57.8. The van der Waals surface area contributed by atoms with Crippen LogP contribution in [-0.4, -0.2) is 95.4 Å². The molecule has 0 saturated heterocycles. The Balaban J connectivity index is 0.00000112. The van der Waals surface area contributed by atoms with Crippen molar-refractivity contribution in [3.63, 3.8) is 0 Å². The van der Waals surface area contributed by atoms with Crippen LogP contribution in [0.5, 0.6) is 0 Å². The van der Waals surface area contributed by atoms with Crippen LogP contribution in [0, 0.1) is 0 Å². The molecule has 8 nitrogen and oxygen atoms in total. The number of carboxylic acid groups (broad SMARTS) is 2. The average Bonchev–Trinajstić information content (AvgIpc) is 3.20. The maximum atomic E-state index is 10.5. The van der Waals surface area contributed by atoms with E-state index in [-0.39, 0.29) is 86.1 Å². The number of hydrogen-bond acceptors (Lipinski definition) is 8. The average molecular weight is 949 g/mol. The molecule has 0 radical (unpaired) electrons. The van der Waals surface area contributed by atoms with Gasteiger partial charge in [-0.15, -0.1) is 0 Å². The molecule has 332 valence electrons. The Hall–Kier alpha value is -1.21. The molecule has 4 atom stereocenters. The summed E-state index contributed by atoms with van der Waals surface area (Å²) in [5.74, 6) is -1.90. The molecule has 4 unspecified atom stereocenters. The third-order valence-electron chi connectivity index (χ3n) is 10.8. The summed E-state index contributed by atoms with van der Waals surface area (Å²) in [6, 6.07) is 20.5. The first-order valence-corrected chi connectivity index (χ1v) is 23.2. The molecule has 0 aliphatic carbocycles. The zero-order chi connectivity index (χ0) is 42.3. The molecule has 0 bridgehead atoms. The summed E-state index contributed by atoms with van der Waals surface area (Å²) < 4.78 is 12.4. The summed E-state index contributed by atoms with van der Waals surface area (Å²) in [5.41, 5.74) is 2.40. The monoisotopic (exact) mass is 949 g/mol. The fraction of sp³-hybridized carbons (Fsp3) is 0.720. The van der Waals surface area contributed by atoms with E-state index in [4.69, 9.17) is 9.47 Å². The Morgan fingerprint density at radius 3 is 0.966 bits per heavy atom. The number of benzene rings is 2. The molecule has 0 aliphatic rings. The van der Waals surface area contributed by atoms with Crippen LogP contribution in [0.3, 0.4) is 0 Å². The van der Waals surface area contributed by atoms with Gasteiger partial charge in [0.15, 0.2) is 0 Å². The summed E-state index contributed by atoms with van der Waals surface area (Å²) >= 11 is 0. The topological polar surface area (TPSA) is 139 Å². The molecule has 0 amide bonds. The van der Waals surface area contributed by atoms with Gasteiger partial charge in [0.05, 0.1) is 37.6 Å². The maximum absolute atomic E-state index is 10.5. The Labute approximate surface area is 400 Å². The van der Waals surface area contributed by atoms with Crippen LogP contribution in [0.4, 0.5) is 0 Å². The van der Waals surface area contributed by atoms with E-state index in [0.717, 1.165) is 77.0 Å². The number of carbonyl (C=O) groups is 2. The van der Waals surface area contributed by atoms with Crippen molar-refractivity contribution in [3.8, 4) is 0 Å². The minimum absolute atomic E-state index is 0. The largest absolute Gasteiger partial charge is 2.00 e. The van der Waals surface area contributed by atoms with Crippen LogP contribution < -0.4 is 10.2 Å². The Bertz CT molecular complexity index is 1100. The Morgan fingerprint density at radius 1 is 0.441 bits per heavy atom. The second kappa shape index (κ2) is 42.1. The minimum atomic E-state index is -0.951. The van der Waals surface area contributed by atoms with Crippen LogP contribution in [0.2, 0.25) is 0 Å². The number of unbranched alkanes of at least 4 members (excludes halogenated alkanes) is 16. The maximum Gasteiger partial charge on any atom is 2.00 e. The van der Waals surface area contributed by atoms with E-state index in [9.17, 15) is 30.0 Å². The van der Waals surface area contributed by atoms with Gasteiger partial charge in [-0.3, -0.25) is 0 Å². The second-order valence-electron chi connectivity index (χ2n) is 16.6. The van der Waals surface area contributed by atoms with Gasteiger partial charge in [-0.1, -0.05) is 176 Å². The van der Waals surface area contributed by atoms with Crippen molar-refractivity contribution in [2.75, 3.05) is 0 Å². The summed E-state index contributed by atoms with van der Waals surface area (Å²) in [4.78, 5) is 21.0. The number of aliphatic hydroxyl groups is 2. The minimum Gasteiger partial charge on any atom is -0.550 e. The fourth-order valence-corrected chi connectivity index (χ4v) is 7.23. The first-order chi connectivity index (χ1) is 28.2. The molecule has 2 aromatic rings. The molecule has 0 saturated carbocycles. The summed E-state index contributed by atoms with van der Waals surface area (Å²) in [7, 11) is 0. The zero-order valence-corrected chi connectivity index (χ0v) is 41.8. The molecule has 0 aliphatic heterocycles. The SMILES string of the molecule is CC(O)CCCCCCCCCC(CCCCCC(=O)[O-])OCc1ccccc1.CC(O)CCCCCCCCCC(CCCCCC(=O)[O-])OCc1ccccc1.[Ba+2]. The molecule has 0 spiro atoms. The van der Waals surface area contributed by atoms with Crippen molar-refractivity contribution < 1.29 is 39.5 Å². The van der Waals surface area contributed by atoms with Gasteiger partial charge in [0.1, 0.15) is 0 Å². The Kier molecular flexibility index (Phi) is 41.2. The van der Waals surface area contributed by atoms with Crippen molar-refractivity contribution in [2.24, 2.45) is 0 Å². The third kappa shape index (κ3) is 40.6. The van der Waals surface area contributed by atoms with Crippen molar-refractivity contribution in [1.82, 2.24) is 0 Å². The number of hydrogen-bond donors (Lipinski definition) is 2. The number of ether oxygens (including phenoxy) is 2. The predicted molar refractivity (Wildman–Crippen MR) is 238 cm³/mol. The van der Waals surface area contributed by atoms with E-state index in [1.807, 2.05) is 50.2 Å². The molecule has 0 heterocycles. The molecule has 2 rings (SSSR count). The normalized spacial score (nSPS) is 13.1. The van der Waals surface area contributed by atoms with Crippen molar-refractivity contribution in [2.45, 2.75) is 231 Å². The van der Waals surface area contributed by atoms with E-state index >= 15 is 0 Å². The number of aliphatic carboxylic acids is 2. The van der Waals surface area contributed by atoms with E-state index in [0.29, 0.717) is 26.1 Å². The van der Waals surface area contributed by atoms with Crippen LogP contribution >= 0.6 is 0 Å². The molecular weight excluding hydrogens is 866 g/mol. The molecule has 0 fully saturated rings. The van der Waals surface area contributed by atoms with Gasteiger partial charge in [0, 0.05) is 11.9 Å². The molecule has 59 heavy (non-hydrogen) atoms. The third-order valence-corrected chi connectivity index (χ3v) is 10.8. The summed E-state index contributed by atoms with van der Waals surface area (Å²) in [6.45, 7) is 5.01. The van der Waals surface area contributed by atoms with Gasteiger partial charge in [-0.2, -0.15) is 0 Å². The van der Waals surface area contributed by atoms with Gasteiger partial charge in [-0.05, 0) is 89.2 Å². The van der Waals surface area contributed by atoms with Crippen LogP contribution in [0.15, 0.2) is 60.7 Å². The van der Waals surface area contributed by atoms with E-state index in [1.54, 1.807) is 0 Å². The summed E-state index contributed by atoms with van der Waals surface area (Å²) in [6.07, 6.45) is 28.9. The number of rotatable bonds is 38. The predicted octanol–water partition coefficient (Wildman–Crippen LogP) is 9.95. The van der Waals surface area contributed by atoms with Gasteiger partial charge in [-0.25, -0.2) is 0 Å². The number of carboxylic acids is 2. The van der Waals surface area contributed by atoms with Crippen molar-refractivity contribution >= 4 is 60.8 Å². The standard InChI is InChI=1S/2C25H42O4.Ba/c2*1-22(26)15-9-5-3-2-4-6-12-18-24(19-13-8-14-20-25(27)28)29-21-23-16-10-7-11-17-23;/h2*7,10-11,16-17,22,24,26H,2-6,8-9,12-15,18-21H2,1H3,(H,27,28);/q;;+2/p-2.